The number of benzene rings is 3. The van der Waals surface area contributed by atoms with Crippen LogP contribution in [-0.4, -0.2) is 40.1 Å². The quantitative estimate of drug-likeness (QED) is 0.382. The molecule has 2 N–H and O–H groups in total. The number of amides is 1. The fourth-order valence-electron chi connectivity index (χ4n) is 4.32. The largest absolute Gasteiger partial charge is 0.322 e. The number of carbonyl (C=O) groups excluding carboxylic acids is 1. The number of halogens is 1. The van der Waals surface area contributed by atoms with Crippen molar-refractivity contribution in [3.05, 3.63) is 82.4 Å². The number of sulfonamides is 2. The van der Waals surface area contributed by atoms with Gasteiger partial charge in [-0.25, -0.2) is 16.8 Å². The first-order valence-electron chi connectivity index (χ1n) is 12.3. The predicted molar refractivity (Wildman–Crippen MR) is 150 cm³/mol. The number of nitrogens with zero attached hydrogens (tertiary/aromatic N) is 1. The van der Waals surface area contributed by atoms with Gasteiger partial charge >= 0.3 is 0 Å². The van der Waals surface area contributed by atoms with Crippen molar-refractivity contribution in [2.75, 3.05) is 23.1 Å². The Kier molecular flexibility index (Phi) is 8.46. The van der Waals surface area contributed by atoms with Gasteiger partial charge in [-0.05, 0) is 80.8 Å². The van der Waals surface area contributed by atoms with Crippen LogP contribution in [0.15, 0.2) is 70.5 Å². The highest BCUT2D eigenvalue weighted by atomic mass is 35.5. The summed E-state index contributed by atoms with van der Waals surface area (Å²) in [5.74, 6) is -0.605. The molecule has 202 valence electrons. The molecule has 0 saturated carbocycles. The Morgan fingerprint density at radius 1 is 0.816 bits per heavy atom. The second-order valence-corrected chi connectivity index (χ2v) is 13.4. The van der Waals surface area contributed by atoms with Gasteiger partial charge in [-0.2, -0.15) is 4.31 Å². The lowest BCUT2D eigenvalue weighted by atomic mass is 10.1. The summed E-state index contributed by atoms with van der Waals surface area (Å²) < 4.78 is 56.1. The second-order valence-electron chi connectivity index (χ2n) is 9.36. The summed E-state index contributed by atoms with van der Waals surface area (Å²) in [7, 11) is -7.61. The first-order valence-corrected chi connectivity index (χ1v) is 15.6. The lowest BCUT2D eigenvalue weighted by molar-refractivity contribution is 0.102. The van der Waals surface area contributed by atoms with Crippen molar-refractivity contribution in [3.8, 4) is 0 Å². The van der Waals surface area contributed by atoms with Gasteiger partial charge in [0.05, 0.1) is 26.1 Å². The SMILES string of the molecule is Cc1ccc(NS(=O)(=O)c2ccc(NC(=O)c3cc(S(=O)(=O)N4CCCCCC4)ccc3Cl)cc2)c(C)c1. The summed E-state index contributed by atoms with van der Waals surface area (Å²) in [5.41, 5.74) is 2.65. The molecule has 0 spiro atoms. The average molecular weight is 576 g/mol. The molecular weight excluding hydrogens is 546 g/mol. The Morgan fingerprint density at radius 2 is 1.45 bits per heavy atom. The van der Waals surface area contributed by atoms with Crippen LogP contribution in [0.1, 0.15) is 47.2 Å². The van der Waals surface area contributed by atoms with E-state index >= 15 is 0 Å². The molecule has 0 aromatic heterocycles. The van der Waals surface area contributed by atoms with E-state index in [-0.39, 0.29) is 20.4 Å². The fourth-order valence-corrected chi connectivity index (χ4v) is 7.20. The fraction of sp³-hybridized carbons (Fsp3) is 0.296. The molecule has 1 heterocycles. The van der Waals surface area contributed by atoms with Crippen molar-refractivity contribution in [1.29, 1.82) is 0 Å². The molecule has 4 rings (SSSR count). The smallest absolute Gasteiger partial charge is 0.261 e. The molecule has 0 unspecified atom stereocenters. The van der Waals surface area contributed by atoms with Crippen LogP contribution in [0.4, 0.5) is 11.4 Å². The van der Waals surface area contributed by atoms with Gasteiger partial charge in [0.1, 0.15) is 0 Å². The Morgan fingerprint density at radius 3 is 2.08 bits per heavy atom. The van der Waals surface area contributed by atoms with Crippen molar-refractivity contribution >= 4 is 48.9 Å². The molecule has 1 aliphatic heterocycles. The molecule has 3 aromatic rings. The normalized spacial score (nSPS) is 15.0. The maximum atomic E-state index is 13.2. The summed E-state index contributed by atoms with van der Waals surface area (Å²) in [4.78, 5) is 13.0. The summed E-state index contributed by atoms with van der Waals surface area (Å²) in [5, 5.41) is 2.77. The van der Waals surface area contributed by atoms with Gasteiger partial charge in [0.15, 0.2) is 0 Å². The molecule has 0 aliphatic carbocycles. The van der Waals surface area contributed by atoms with Crippen LogP contribution in [0.3, 0.4) is 0 Å². The molecule has 11 heteroatoms. The van der Waals surface area contributed by atoms with Crippen molar-refractivity contribution in [1.82, 2.24) is 4.31 Å². The van der Waals surface area contributed by atoms with Gasteiger partial charge in [-0.1, -0.05) is 42.1 Å². The molecule has 38 heavy (non-hydrogen) atoms. The zero-order chi connectivity index (χ0) is 27.5. The van der Waals surface area contributed by atoms with Crippen molar-refractivity contribution in [2.24, 2.45) is 0 Å². The third kappa shape index (κ3) is 6.37. The van der Waals surface area contributed by atoms with E-state index in [0.717, 1.165) is 36.8 Å². The van der Waals surface area contributed by atoms with E-state index in [4.69, 9.17) is 11.6 Å². The van der Waals surface area contributed by atoms with Crippen molar-refractivity contribution in [3.63, 3.8) is 0 Å². The zero-order valence-corrected chi connectivity index (χ0v) is 23.6. The third-order valence-corrected chi connectivity index (χ3v) is 10.0. The minimum atomic E-state index is -3.84. The summed E-state index contributed by atoms with van der Waals surface area (Å²) in [6, 6.07) is 15.2. The standard InChI is InChI=1S/C27H30ClN3O5S2/c1-19-7-14-26(20(2)17-19)30-37(33,34)22-10-8-21(9-11-22)29-27(32)24-18-23(12-13-25(24)28)38(35,36)31-15-5-3-4-6-16-31/h7-14,17-18,30H,3-6,15-16H2,1-2H3,(H,29,32). The lowest BCUT2D eigenvalue weighted by Gasteiger charge is -2.20. The van der Waals surface area contributed by atoms with Crippen molar-refractivity contribution in [2.45, 2.75) is 49.3 Å². The number of carbonyl (C=O) groups is 1. The van der Waals surface area contributed by atoms with Crippen LogP contribution < -0.4 is 10.0 Å². The first kappa shape index (κ1) is 28.1. The van der Waals surface area contributed by atoms with Crippen LogP contribution in [0.5, 0.6) is 0 Å². The highest BCUT2D eigenvalue weighted by Crippen LogP contribution is 2.26. The Labute approximate surface area is 229 Å². The first-order chi connectivity index (χ1) is 18.0. The van der Waals surface area contributed by atoms with E-state index < -0.39 is 26.0 Å². The molecule has 8 nitrogen and oxygen atoms in total. The maximum absolute atomic E-state index is 13.2. The molecule has 0 atom stereocenters. The topological polar surface area (TPSA) is 113 Å². The minimum Gasteiger partial charge on any atom is -0.322 e. The Hall–Kier alpha value is -2.92. The average Bonchev–Trinajstić information content (AvgIpc) is 3.16. The molecule has 0 bridgehead atoms. The number of aryl methyl sites for hydroxylation is 2. The van der Waals surface area contributed by atoms with Gasteiger partial charge in [0.2, 0.25) is 10.0 Å². The summed E-state index contributed by atoms with van der Waals surface area (Å²) in [6.45, 7) is 4.64. The van der Waals surface area contributed by atoms with E-state index in [0.29, 0.717) is 24.5 Å². The number of hydrogen-bond acceptors (Lipinski definition) is 5. The summed E-state index contributed by atoms with van der Waals surface area (Å²) >= 11 is 6.25. The molecule has 1 fully saturated rings. The van der Waals surface area contributed by atoms with E-state index in [1.54, 1.807) is 6.07 Å². The zero-order valence-electron chi connectivity index (χ0n) is 21.2. The van der Waals surface area contributed by atoms with Crippen molar-refractivity contribution < 1.29 is 21.6 Å². The number of nitrogens with one attached hydrogen (secondary N) is 2. The minimum absolute atomic E-state index is 0.00728. The summed E-state index contributed by atoms with van der Waals surface area (Å²) in [6.07, 6.45) is 3.57. The molecular formula is C27H30ClN3O5S2. The van der Waals surface area contributed by atoms with Gasteiger partial charge in [0, 0.05) is 18.8 Å². The Bertz CT molecular complexity index is 1550. The third-order valence-electron chi connectivity index (χ3n) is 6.43. The maximum Gasteiger partial charge on any atom is 0.261 e. The highest BCUT2D eigenvalue weighted by Gasteiger charge is 2.27. The van der Waals surface area contributed by atoms with Crippen LogP contribution in [-0.2, 0) is 20.0 Å². The van der Waals surface area contributed by atoms with E-state index in [2.05, 4.69) is 10.0 Å². The van der Waals surface area contributed by atoms with Gasteiger partial charge < -0.3 is 5.32 Å². The highest BCUT2D eigenvalue weighted by molar-refractivity contribution is 7.92. The molecule has 3 aromatic carbocycles. The second kappa shape index (κ2) is 11.4. The van der Waals surface area contributed by atoms with Crippen LogP contribution in [0, 0.1) is 13.8 Å². The van der Waals surface area contributed by atoms with E-state index in [1.807, 2.05) is 26.0 Å². The van der Waals surface area contributed by atoms with Crippen LogP contribution >= 0.6 is 11.6 Å². The molecule has 0 radical (unpaired) electrons. The van der Waals surface area contributed by atoms with E-state index in [9.17, 15) is 21.6 Å². The number of anilines is 2. The van der Waals surface area contributed by atoms with Crippen LogP contribution in [0.2, 0.25) is 5.02 Å². The van der Waals surface area contributed by atoms with Gasteiger partial charge in [-0.15, -0.1) is 0 Å². The molecule has 1 saturated heterocycles. The van der Waals surface area contributed by atoms with Crippen LogP contribution in [0.25, 0.3) is 0 Å². The number of hydrogen-bond donors (Lipinski definition) is 2. The Balaban J connectivity index is 1.50. The monoisotopic (exact) mass is 575 g/mol. The lowest BCUT2D eigenvalue weighted by Crippen LogP contribution is -2.32. The predicted octanol–water partition coefficient (Wildman–Crippen LogP) is 5.57. The van der Waals surface area contributed by atoms with E-state index in [1.165, 1.54) is 46.8 Å². The number of rotatable bonds is 7. The van der Waals surface area contributed by atoms with Gasteiger partial charge in [0.25, 0.3) is 15.9 Å². The van der Waals surface area contributed by atoms with Gasteiger partial charge in [-0.3, -0.25) is 9.52 Å². The molecule has 1 aliphatic rings. The molecule has 1 amide bonds.